The second-order valence-corrected chi connectivity index (χ2v) is 5.10. The van der Waals surface area contributed by atoms with Crippen molar-refractivity contribution in [2.75, 3.05) is 12.3 Å². The van der Waals surface area contributed by atoms with E-state index in [2.05, 4.69) is 0 Å². The number of thiophene rings is 1. The Hall–Kier alpha value is -2.65. The molecule has 0 atom stereocenters. The normalized spacial score (nSPS) is 9.90. The molecule has 2 aromatic rings. The van der Waals surface area contributed by atoms with Gasteiger partial charge in [0.25, 0.3) is 0 Å². The Balaban J connectivity index is 2.50. The molecule has 1 heterocycles. The van der Waals surface area contributed by atoms with Crippen LogP contribution in [0.5, 0.6) is 0 Å². The molecule has 6 heteroatoms. The third-order valence-corrected chi connectivity index (χ3v) is 3.94. The quantitative estimate of drug-likeness (QED) is 0.692. The van der Waals surface area contributed by atoms with Crippen LogP contribution in [0.25, 0.3) is 0 Å². The van der Waals surface area contributed by atoms with Gasteiger partial charge in [-0.05, 0) is 6.92 Å². The fourth-order valence-corrected chi connectivity index (χ4v) is 2.81. The largest absolute Gasteiger partial charge is 0.462 e. The van der Waals surface area contributed by atoms with Crippen molar-refractivity contribution in [3.05, 3.63) is 51.2 Å². The molecule has 0 saturated heterocycles. The molecule has 0 unspecified atom stereocenters. The summed E-state index contributed by atoms with van der Waals surface area (Å²) >= 11 is 0.890. The maximum absolute atomic E-state index is 12.4. The lowest BCUT2D eigenvalue weighted by Gasteiger charge is -1.98. The lowest BCUT2D eigenvalue weighted by Crippen LogP contribution is -2.05. The molecule has 0 bridgehead atoms. The number of carbonyl (C=O) groups excluding carboxylic acids is 2. The molecule has 106 valence electrons. The number of anilines is 1. The van der Waals surface area contributed by atoms with Gasteiger partial charge in [-0.2, -0.15) is 5.26 Å². The third-order valence-electron chi connectivity index (χ3n) is 2.76. The van der Waals surface area contributed by atoms with Gasteiger partial charge in [0.1, 0.15) is 10.9 Å². The smallest absolute Gasteiger partial charge is 0.350 e. The van der Waals surface area contributed by atoms with Crippen LogP contribution in [0.15, 0.2) is 30.3 Å². The van der Waals surface area contributed by atoms with E-state index in [4.69, 9.17) is 10.5 Å². The van der Waals surface area contributed by atoms with Gasteiger partial charge >= 0.3 is 5.97 Å². The first-order valence-corrected chi connectivity index (χ1v) is 7.01. The van der Waals surface area contributed by atoms with Crippen LogP contribution in [0.4, 0.5) is 5.69 Å². The zero-order valence-corrected chi connectivity index (χ0v) is 12.1. The van der Waals surface area contributed by atoms with Crippen LogP contribution in [0.3, 0.4) is 0 Å². The first-order valence-electron chi connectivity index (χ1n) is 6.19. The number of esters is 1. The third kappa shape index (κ3) is 2.78. The van der Waals surface area contributed by atoms with E-state index in [-0.39, 0.29) is 33.4 Å². The number of nitrogens with two attached hydrogens (primary N) is 1. The highest BCUT2D eigenvalue weighted by Gasteiger charge is 2.26. The van der Waals surface area contributed by atoms with Crippen LogP contribution in [-0.4, -0.2) is 18.4 Å². The van der Waals surface area contributed by atoms with Crippen LogP contribution in [-0.2, 0) is 4.74 Å². The van der Waals surface area contributed by atoms with Crippen molar-refractivity contribution in [2.24, 2.45) is 0 Å². The molecule has 0 amide bonds. The lowest BCUT2D eigenvalue weighted by molar-refractivity contribution is 0.0533. The summed E-state index contributed by atoms with van der Waals surface area (Å²) in [6.07, 6.45) is 0. The first-order chi connectivity index (χ1) is 10.1. The Bertz CT molecular complexity index is 729. The summed E-state index contributed by atoms with van der Waals surface area (Å²) in [7, 11) is 0. The van der Waals surface area contributed by atoms with Crippen LogP contribution in [0.1, 0.15) is 37.4 Å². The van der Waals surface area contributed by atoms with Gasteiger partial charge in [-0.3, -0.25) is 4.79 Å². The highest BCUT2D eigenvalue weighted by Crippen LogP contribution is 2.32. The molecule has 5 nitrogen and oxygen atoms in total. The number of hydrogen-bond donors (Lipinski definition) is 1. The number of ether oxygens (including phenoxy) is 1. The Kier molecular flexibility index (Phi) is 4.36. The monoisotopic (exact) mass is 300 g/mol. The van der Waals surface area contributed by atoms with Crippen LogP contribution >= 0.6 is 11.3 Å². The van der Waals surface area contributed by atoms with Gasteiger partial charge in [0.2, 0.25) is 5.78 Å². The highest BCUT2D eigenvalue weighted by molar-refractivity contribution is 7.17. The van der Waals surface area contributed by atoms with Crippen molar-refractivity contribution < 1.29 is 14.3 Å². The van der Waals surface area contributed by atoms with Gasteiger partial charge in [0.15, 0.2) is 0 Å². The molecule has 0 saturated carbocycles. The van der Waals surface area contributed by atoms with E-state index in [1.165, 1.54) is 0 Å². The van der Waals surface area contributed by atoms with Gasteiger partial charge < -0.3 is 10.5 Å². The number of nitrogen functional groups attached to an aromatic ring is 1. The molecule has 21 heavy (non-hydrogen) atoms. The summed E-state index contributed by atoms with van der Waals surface area (Å²) in [5.41, 5.74) is 6.26. The SMILES string of the molecule is CCOC(=O)c1sc(C(=O)c2ccccc2)c(C#N)c1N. The van der Waals surface area contributed by atoms with Crippen molar-refractivity contribution in [3.63, 3.8) is 0 Å². The second kappa shape index (κ2) is 6.20. The fourth-order valence-electron chi connectivity index (χ4n) is 1.78. The van der Waals surface area contributed by atoms with Gasteiger partial charge in [-0.15, -0.1) is 11.3 Å². The van der Waals surface area contributed by atoms with Gasteiger partial charge in [0.05, 0.1) is 22.7 Å². The molecule has 0 fully saturated rings. The Morgan fingerprint density at radius 3 is 2.52 bits per heavy atom. The van der Waals surface area contributed by atoms with Gasteiger partial charge in [-0.25, -0.2) is 4.79 Å². The number of ketones is 1. The number of carbonyl (C=O) groups is 2. The minimum absolute atomic E-state index is 0.000214. The summed E-state index contributed by atoms with van der Waals surface area (Å²) in [5, 5.41) is 9.19. The minimum Gasteiger partial charge on any atom is -0.462 e. The van der Waals surface area contributed by atoms with Crippen LogP contribution in [0, 0.1) is 11.3 Å². The van der Waals surface area contributed by atoms with Gasteiger partial charge in [0, 0.05) is 5.56 Å². The lowest BCUT2D eigenvalue weighted by atomic mass is 10.1. The molecule has 0 aliphatic carbocycles. The molecular weight excluding hydrogens is 288 g/mol. The molecule has 1 aromatic carbocycles. The van der Waals surface area contributed by atoms with Crippen molar-refractivity contribution in [2.45, 2.75) is 6.92 Å². The number of nitrogens with zero attached hydrogens (tertiary/aromatic N) is 1. The van der Waals surface area contributed by atoms with Crippen LogP contribution < -0.4 is 5.73 Å². The van der Waals surface area contributed by atoms with E-state index in [0.29, 0.717) is 5.56 Å². The zero-order valence-electron chi connectivity index (χ0n) is 11.3. The topological polar surface area (TPSA) is 93.2 Å². The number of nitriles is 1. The molecule has 0 aliphatic rings. The summed E-state index contributed by atoms with van der Waals surface area (Å²) in [6, 6.07) is 10.4. The predicted octanol–water partition coefficient (Wildman–Crippen LogP) is 2.61. The van der Waals surface area contributed by atoms with Crippen LogP contribution in [0.2, 0.25) is 0 Å². The minimum atomic E-state index is -0.622. The van der Waals surface area contributed by atoms with E-state index in [0.717, 1.165) is 11.3 Å². The van der Waals surface area contributed by atoms with Crippen molar-refractivity contribution in [1.29, 1.82) is 5.26 Å². The Morgan fingerprint density at radius 1 is 1.29 bits per heavy atom. The Labute approximate surface area is 125 Å². The van der Waals surface area contributed by atoms with Crippen molar-refractivity contribution in [3.8, 4) is 6.07 Å². The zero-order chi connectivity index (χ0) is 15.4. The summed E-state index contributed by atoms with van der Waals surface area (Å²) < 4.78 is 4.88. The molecule has 1 aromatic heterocycles. The molecular formula is C15H12N2O3S. The summed E-state index contributed by atoms with van der Waals surface area (Å²) in [4.78, 5) is 24.5. The molecule has 2 rings (SSSR count). The summed E-state index contributed by atoms with van der Waals surface area (Å²) in [6.45, 7) is 1.86. The number of hydrogen-bond acceptors (Lipinski definition) is 6. The van der Waals surface area contributed by atoms with E-state index >= 15 is 0 Å². The maximum atomic E-state index is 12.4. The predicted molar refractivity (Wildman–Crippen MR) is 79.3 cm³/mol. The van der Waals surface area contributed by atoms with Crippen molar-refractivity contribution in [1.82, 2.24) is 0 Å². The first kappa shape index (κ1) is 14.8. The van der Waals surface area contributed by atoms with E-state index in [1.54, 1.807) is 37.3 Å². The number of benzene rings is 1. The van der Waals surface area contributed by atoms with E-state index < -0.39 is 5.97 Å². The molecule has 0 radical (unpaired) electrons. The average Bonchev–Trinajstić information content (AvgIpc) is 2.84. The summed E-state index contributed by atoms with van der Waals surface area (Å²) in [5.74, 6) is -0.956. The second-order valence-electron chi connectivity index (χ2n) is 4.08. The van der Waals surface area contributed by atoms with E-state index in [1.807, 2.05) is 6.07 Å². The van der Waals surface area contributed by atoms with Crippen molar-refractivity contribution >= 4 is 28.8 Å². The standard InChI is InChI=1S/C15H12N2O3S/c1-2-20-15(19)14-11(17)10(8-16)13(21-14)12(18)9-6-4-3-5-7-9/h3-7H,2,17H2,1H3. The Morgan fingerprint density at radius 2 is 1.95 bits per heavy atom. The average molecular weight is 300 g/mol. The molecule has 2 N–H and O–H groups in total. The molecule has 0 aliphatic heterocycles. The highest BCUT2D eigenvalue weighted by atomic mass is 32.1. The molecule has 0 spiro atoms. The van der Waals surface area contributed by atoms with E-state index in [9.17, 15) is 14.9 Å². The van der Waals surface area contributed by atoms with Gasteiger partial charge in [-0.1, -0.05) is 30.3 Å². The number of rotatable bonds is 4. The maximum Gasteiger partial charge on any atom is 0.350 e. The fraction of sp³-hybridized carbons (Fsp3) is 0.133.